The third kappa shape index (κ3) is 5.79. The van der Waals surface area contributed by atoms with Crippen molar-refractivity contribution in [1.82, 2.24) is 0 Å². The van der Waals surface area contributed by atoms with Gasteiger partial charge in [-0.1, -0.05) is 56.7 Å². The first-order chi connectivity index (χ1) is 12.7. The molecule has 1 aromatic carbocycles. The van der Waals surface area contributed by atoms with Crippen molar-refractivity contribution in [2.45, 2.75) is 57.8 Å². The molecule has 4 nitrogen and oxygen atoms in total. The fraction of sp³-hybridized carbons (Fsp3) is 0.476. The average Bonchev–Trinajstić information content (AvgIpc) is 2.65. The third-order valence-corrected chi connectivity index (χ3v) is 5.36. The van der Waals surface area contributed by atoms with Crippen LogP contribution in [0.25, 0.3) is 5.53 Å². The highest BCUT2D eigenvalue weighted by atomic mass is 32.2. The number of allylic oxidation sites excluding steroid dienone is 3. The quantitative estimate of drug-likeness (QED) is 0.292. The van der Waals surface area contributed by atoms with E-state index in [0.717, 1.165) is 36.3 Å². The highest BCUT2D eigenvalue weighted by Gasteiger charge is 2.28. The summed E-state index contributed by atoms with van der Waals surface area (Å²) in [6, 6.07) is 8.29. The predicted octanol–water partition coefficient (Wildman–Crippen LogP) is 5.89. The highest BCUT2D eigenvalue weighted by Crippen LogP contribution is 2.37. The van der Waals surface area contributed by atoms with Crippen molar-refractivity contribution in [2.75, 3.05) is 13.2 Å². The molecular weight excluding hydrogens is 344 g/mol. The van der Waals surface area contributed by atoms with Crippen LogP contribution in [0.2, 0.25) is 0 Å². The molecule has 0 spiro atoms. The summed E-state index contributed by atoms with van der Waals surface area (Å²) < 4.78 is 11.9. The van der Waals surface area contributed by atoms with Crippen LogP contribution in [0.1, 0.15) is 51.5 Å². The van der Waals surface area contributed by atoms with Crippen molar-refractivity contribution in [3.63, 3.8) is 0 Å². The smallest absolute Gasteiger partial charge is 0.340 e. The van der Waals surface area contributed by atoms with E-state index in [1.807, 2.05) is 18.2 Å². The molecule has 1 aliphatic carbocycles. The summed E-state index contributed by atoms with van der Waals surface area (Å²) in [5.41, 5.74) is 11.2. The van der Waals surface area contributed by atoms with Crippen molar-refractivity contribution in [3.05, 3.63) is 57.9 Å². The maximum absolute atomic E-state index is 9.41. The van der Waals surface area contributed by atoms with Crippen molar-refractivity contribution < 1.29 is 14.3 Å². The first-order valence-electron chi connectivity index (χ1n) is 9.34. The van der Waals surface area contributed by atoms with Crippen LogP contribution in [0.5, 0.6) is 0 Å². The van der Waals surface area contributed by atoms with E-state index < -0.39 is 0 Å². The van der Waals surface area contributed by atoms with Crippen molar-refractivity contribution in [2.24, 2.45) is 0 Å². The molecule has 140 valence electrons. The second-order valence-corrected chi connectivity index (χ2v) is 7.37. The van der Waals surface area contributed by atoms with Gasteiger partial charge in [0.15, 0.2) is 0 Å². The summed E-state index contributed by atoms with van der Waals surface area (Å²) in [6.07, 6.45) is 6.51. The summed E-state index contributed by atoms with van der Waals surface area (Å²) in [5, 5.41) is 0. The third-order valence-electron chi connectivity index (χ3n) is 4.11. The summed E-state index contributed by atoms with van der Waals surface area (Å²) in [6.45, 7) is 7.66. The molecule has 1 aromatic rings. The van der Waals surface area contributed by atoms with Gasteiger partial charge in [0.1, 0.15) is 12.2 Å². The molecule has 0 aromatic heterocycles. The number of unbranched alkanes of at least 4 members (excludes halogenated alkanes) is 2. The minimum atomic E-state index is 0.451. The molecule has 0 amide bonds. The van der Waals surface area contributed by atoms with Crippen molar-refractivity contribution in [3.8, 4) is 0 Å². The van der Waals surface area contributed by atoms with Gasteiger partial charge in [0.25, 0.3) is 0 Å². The van der Waals surface area contributed by atoms with E-state index in [-0.39, 0.29) is 0 Å². The highest BCUT2D eigenvalue weighted by molar-refractivity contribution is 8.03. The van der Waals surface area contributed by atoms with Crippen LogP contribution < -0.4 is 0 Å². The van der Waals surface area contributed by atoms with Gasteiger partial charge in [0, 0.05) is 11.0 Å². The van der Waals surface area contributed by atoms with Crippen LogP contribution in [0, 0.1) is 6.92 Å². The standard InChI is InChI=1S/C21H28N2O2S/c1-4-6-12-24-18-15-21(26-20-11-9-8-10-16(20)3)19(14-17(18)23-22)25-13-7-5-2/h8-11,15H,4-7,12-14H2,1-3H3. The zero-order valence-electron chi connectivity index (χ0n) is 16.0. The topological polar surface area (TPSA) is 54.9 Å². The molecule has 1 aliphatic rings. The SMILES string of the molecule is CCCCOC1=CC(Sc2ccccc2C)=C(OCCCC)CC1=[N+]=[N-]. The van der Waals surface area contributed by atoms with E-state index in [0.29, 0.717) is 31.1 Å². The number of nitrogens with zero attached hydrogens (tertiary/aromatic N) is 2. The Labute approximate surface area is 160 Å². The number of hydrogen-bond acceptors (Lipinski definition) is 3. The lowest BCUT2D eigenvalue weighted by Gasteiger charge is -2.19. The number of hydrogen-bond donors (Lipinski definition) is 0. The molecule has 0 unspecified atom stereocenters. The van der Waals surface area contributed by atoms with Gasteiger partial charge in [-0.05, 0) is 31.4 Å². The summed E-state index contributed by atoms with van der Waals surface area (Å²) in [5.74, 6) is 1.49. The van der Waals surface area contributed by atoms with Gasteiger partial charge >= 0.3 is 5.71 Å². The second kappa shape index (κ2) is 10.9. The number of thioether (sulfide) groups is 1. The molecule has 0 aliphatic heterocycles. The fourth-order valence-electron chi connectivity index (χ4n) is 2.48. The minimum Gasteiger partial charge on any atom is -0.496 e. The van der Waals surface area contributed by atoms with Gasteiger partial charge in [-0.15, -0.1) is 0 Å². The lowest BCUT2D eigenvalue weighted by Crippen LogP contribution is -2.16. The van der Waals surface area contributed by atoms with Gasteiger partial charge in [0.2, 0.25) is 5.76 Å². The molecular formula is C21H28N2O2S. The summed E-state index contributed by atoms with van der Waals surface area (Å²) in [7, 11) is 0. The van der Waals surface area contributed by atoms with Crippen molar-refractivity contribution in [1.29, 1.82) is 0 Å². The summed E-state index contributed by atoms with van der Waals surface area (Å²) in [4.78, 5) is 5.66. The Morgan fingerprint density at radius 2 is 1.77 bits per heavy atom. The molecule has 0 saturated heterocycles. The lowest BCUT2D eigenvalue weighted by molar-refractivity contribution is -0.0138. The number of ether oxygens (including phenoxy) is 2. The molecule has 0 fully saturated rings. The molecule has 0 bridgehead atoms. The Morgan fingerprint density at radius 3 is 2.42 bits per heavy atom. The van der Waals surface area contributed by atoms with Crippen LogP contribution >= 0.6 is 11.8 Å². The van der Waals surface area contributed by atoms with E-state index in [9.17, 15) is 5.53 Å². The number of benzene rings is 1. The molecule has 0 N–H and O–H groups in total. The van der Waals surface area contributed by atoms with E-state index in [1.165, 1.54) is 10.5 Å². The average molecular weight is 373 g/mol. The normalized spacial score (nSPS) is 14.1. The Kier molecular flexibility index (Phi) is 8.52. The van der Waals surface area contributed by atoms with Crippen LogP contribution in [-0.2, 0) is 9.47 Å². The molecule has 26 heavy (non-hydrogen) atoms. The minimum absolute atomic E-state index is 0.451. The van der Waals surface area contributed by atoms with E-state index in [4.69, 9.17) is 9.47 Å². The first kappa shape index (κ1) is 20.3. The molecule has 0 atom stereocenters. The first-order valence-corrected chi connectivity index (χ1v) is 10.2. The van der Waals surface area contributed by atoms with E-state index in [2.05, 4.69) is 37.7 Å². The number of aryl methyl sites for hydroxylation is 1. The maximum Gasteiger partial charge on any atom is 0.340 e. The van der Waals surface area contributed by atoms with Crippen molar-refractivity contribution >= 4 is 17.5 Å². The number of rotatable bonds is 10. The van der Waals surface area contributed by atoms with Crippen LogP contribution in [0.15, 0.2) is 51.7 Å². The van der Waals surface area contributed by atoms with Gasteiger partial charge in [-0.3, -0.25) is 0 Å². The van der Waals surface area contributed by atoms with Crippen LogP contribution in [0.4, 0.5) is 0 Å². The maximum atomic E-state index is 9.41. The Bertz CT molecular complexity index is 718. The van der Waals surface area contributed by atoms with Gasteiger partial charge in [0.05, 0.1) is 18.1 Å². The predicted molar refractivity (Wildman–Crippen MR) is 107 cm³/mol. The van der Waals surface area contributed by atoms with E-state index >= 15 is 0 Å². The van der Waals surface area contributed by atoms with Gasteiger partial charge in [-0.2, -0.15) is 4.79 Å². The van der Waals surface area contributed by atoms with E-state index in [1.54, 1.807) is 11.8 Å². The Balaban J connectivity index is 2.29. The fourth-order valence-corrected chi connectivity index (χ4v) is 3.51. The summed E-state index contributed by atoms with van der Waals surface area (Å²) >= 11 is 1.67. The van der Waals surface area contributed by atoms with Gasteiger partial charge in [-0.25, -0.2) is 0 Å². The molecule has 0 saturated carbocycles. The molecule has 0 radical (unpaired) electrons. The molecule has 2 rings (SSSR count). The van der Waals surface area contributed by atoms with Crippen LogP contribution in [-0.4, -0.2) is 23.7 Å². The molecule has 0 heterocycles. The molecule has 5 heteroatoms. The Morgan fingerprint density at radius 1 is 1.08 bits per heavy atom. The zero-order chi connectivity index (χ0) is 18.8. The second-order valence-electron chi connectivity index (χ2n) is 6.29. The van der Waals surface area contributed by atoms with Crippen LogP contribution in [0.3, 0.4) is 0 Å². The van der Waals surface area contributed by atoms with Gasteiger partial charge < -0.3 is 15.0 Å². The lowest BCUT2D eigenvalue weighted by atomic mass is 10.1. The zero-order valence-corrected chi connectivity index (χ0v) is 16.8. The monoisotopic (exact) mass is 372 g/mol. The largest absolute Gasteiger partial charge is 0.496 e. The Hall–Kier alpha value is -1.97.